The van der Waals surface area contributed by atoms with Crippen LogP contribution in [0.1, 0.15) is 29.2 Å². The molecule has 0 spiro atoms. The minimum atomic E-state index is -1.16. The number of hydrogen-bond donors (Lipinski definition) is 2. The van der Waals surface area contributed by atoms with E-state index < -0.39 is 35.4 Å². The smallest absolute Gasteiger partial charge is 0.245 e. The highest BCUT2D eigenvalue weighted by atomic mass is 19.1. The fraction of sp³-hybridized carbons (Fsp3) is 0.323. The Balaban J connectivity index is 1.48. The molecule has 2 unspecified atom stereocenters. The van der Waals surface area contributed by atoms with E-state index in [2.05, 4.69) is 10.6 Å². The lowest BCUT2D eigenvalue weighted by Gasteiger charge is -2.33. The maximum absolute atomic E-state index is 13.8. The fourth-order valence-electron chi connectivity index (χ4n) is 4.89. The maximum Gasteiger partial charge on any atom is 0.245 e. The molecule has 0 fully saturated rings. The van der Waals surface area contributed by atoms with E-state index >= 15 is 0 Å². The summed E-state index contributed by atoms with van der Waals surface area (Å²) in [5.41, 5.74) is 2.96. The van der Waals surface area contributed by atoms with Crippen molar-refractivity contribution in [2.24, 2.45) is 5.92 Å². The lowest BCUT2D eigenvalue weighted by Crippen LogP contribution is -2.53. The number of nitrogens with zero attached hydrogens (tertiary/aromatic N) is 1. The fourth-order valence-corrected chi connectivity index (χ4v) is 4.89. The Morgan fingerprint density at radius 3 is 2.29 bits per heavy atom. The monoisotopic (exact) mass is 565 g/mol. The van der Waals surface area contributed by atoms with Gasteiger partial charge in [-0.05, 0) is 48.2 Å². The van der Waals surface area contributed by atoms with Crippen molar-refractivity contribution in [2.75, 3.05) is 20.8 Å². The van der Waals surface area contributed by atoms with Crippen LogP contribution in [0.4, 0.5) is 8.78 Å². The molecule has 8 nitrogen and oxygen atoms in total. The first-order valence-corrected chi connectivity index (χ1v) is 13.3. The molecule has 2 N–H and O–H groups in total. The number of carbonyl (C=O) groups is 3. The largest absolute Gasteiger partial charge is 0.493 e. The highest BCUT2D eigenvalue weighted by Crippen LogP contribution is 2.36. The number of benzene rings is 3. The van der Waals surface area contributed by atoms with E-state index in [1.807, 2.05) is 42.5 Å². The van der Waals surface area contributed by atoms with Crippen molar-refractivity contribution in [3.63, 3.8) is 0 Å². The van der Waals surface area contributed by atoms with Crippen molar-refractivity contribution in [3.05, 3.63) is 94.6 Å². The van der Waals surface area contributed by atoms with Crippen LogP contribution in [-0.4, -0.2) is 49.4 Å². The summed E-state index contributed by atoms with van der Waals surface area (Å²) in [5.74, 6) is -3.13. The summed E-state index contributed by atoms with van der Waals surface area (Å²) in [6, 6.07) is 15.1. The number of fused-ring (bicyclic) bond motifs is 1. The average Bonchev–Trinajstić information content (AvgIpc) is 2.97. The number of halogens is 2. The molecule has 0 aliphatic carbocycles. The quantitative estimate of drug-likeness (QED) is 0.367. The summed E-state index contributed by atoms with van der Waals surface area (Å²) < 4.78 is 38.0. The molecule has 0 saturated heterocycles. The number of hydrogen-bond acceptors (Lipinski definition) is 5. The summed E-state index contributed by atoms with van der Waals surface area (Å²) in [6.07, 6.45) is 0.827. The van der Waals surface area contributed by atoms with Crippen molar-refractivity contribution in [1.29, 1.82) is 0 Å². The van der Waals surface area contributed by atoms with E-state index in [0.29, 0.717) is 24.5 Å². The maximum atomic E-state index is 13.8. The van der Waals surface area contributed by atoms with Gasteiger partial charge >= 0.3 is 0 Å². The summed E-state index contributed by atoms with van der Waals surface area (Å²) in [6.45, 7) is 1.98. The highest BCUT2D eigenvalue weighted by Gasteiger charge is 2.33. The molecule has 3 amide bonds. The number of amides is 3. The first kappa shape index (κ1) is 29.5. The first-order valence-electron chi connectivity index (χ1n) is 13.3. The number of methoxy groups -OCH3 is 2. The van der Waals surface area contributed by atoms with Crippen LogP contribution >= 0.6 is 0 Å². The topological polar surface area (TPSA) is 97.0 Å². The predicted molar refractivity (Wildman–Crippen MR) is 148 cm³/mol. The SMILES string of the molecule is COc1ccc2c(c1OC)CN(C(=O)C(Cc1ccccc1)NC(=O)C(C)C(=O)NCc1cc(F)cc(F)c1)CC2. The molecule has 3 aromatic carbocycles. The van der Waals surface area contributed by atoms with Gasteiger partial charge in [0.15, 0.2) is 11.5 Å². The van der Waals surface area contributed by atoms with Crippen molar-refractivity contribution < 1.29 is 32.6 Å². The number of carbonyl (C=O) groups excluding carboxylic acids is 3. The van der Waals surface area contributed by atoms with Gasteiger partial charge in [-0.2, -0.15) is 0 Å². The Morgan fingerprint density at radius 2 is 1.63 bits per heavy atom. The van der Waals surface area contributed by atoms with E-state index in [1.54, 1.807) is 19.1 Å². The van der Waals surface area contributed by atoms with Gasteiger partial charge in [0.2, 0.25) is 17.7 Å². The van der Waals surface area contributed by atoms with Gasteiger partial charge in [-0.1, -0.05) is 36.4 Å². The van der Waals surface area contributed by atoms with Gasteiger partial charge in [0, 0.05) is 37.7 Å². The van der Waals surface area contributed by atoms with Gasteiger partial charge in [-0.3, -0.25) is 14.4 Å². The number of nitrogens with one attached hydrogen (secondary N) is 2. The van der Waals surface area contributed by atoms with E-state index in [0.717, 1.165) is 34.9 Å². The number of ether oxygens (including phenoxy) is 2. The summed E-state index contributed by atoms with van der Waals surface area (Å²) in [7, 11) is 3.10. The van der Waals surface area contributed by atoms with E-state index in [4.69, 9.17) is 9.47 Å². The zero-order valence-electron chi connectivity index (χ0n) is 23.2. The van der Waals surface area contributed by atoms with E-state index in [9.17, 15) is 23.2 Å². The molecule has 0 bridgehead atoms. The van der Waals surface area contributed by atoms with Crippen LogP contribution in [0.3, 0.4) is 0 Å². The molecule has 3 aromatic rings. The van der Waals surface area contributed by atoms with E-state index in [-0.39, 0.29) is 31.0 Å². The summed E-state index contributed by atoms with van der Waals surface area (Å²) >= 11 is 0. The van der Waals surface area contributed by atoms with Gasteiger partial charge in [-0.15, -0.1) is 0 Å². The second kappa shape index (κ2) is 13.3. The third-order valence-electron chi connectivity index (χ3n) is 7.13. The van der Waals surface area contributed by atoms with Crippen molar-refractivity contribution in [1.82, 2.24) is 15.5 Å². The van der Waals surface area contributed by atoms with Crippen LogP contribution in [0, 0.1) is 17.6 Å². The van der Waals surface area contributed by atoms with Gasteiger partial charge in [0.05, 0.1) is 14.2 Å². The normalized spacial score (nSPS) is 13.9. The van der Waals surface area contributed by atoms with Gasteiger partial charge in [0.1, 0.15) is 23.6 Å². The second-order valence-electron chi connectivity index (χ2n) is 9.92. The molecule has 4 rings (SSSR count). The minimum Gasteiger partial charge on any atom is -0.493 e. The Morgan fingerprint density at radius 1 is 0.927 bits per heavy atom. The summed E-state index contributed by atoms with van der Waals surface area (Å²) in [4.78, 5) is 41.4. The molecule has 0 radical (unpaired) electrons. The summed E-state index contributed by atoms with van der Waals surface area (Å²) in [5, 5.41) is 5.30. The Labute approximate surface area is 237 Å². The van der Waals surface area contributed by atoms with Crippen molar-refractivity contribution in [3.8, 4) is 11.5 Å². The molecule has 1 aliphatic rings. The molecule has 10 heteroatoms. The van der Waals surface area contributed by atoms with Gasteiger partial charge in [0.25, 0.3) is 0 Å². The zero-order chi connectivity index (χ0) is 29.5. The predicted octanol–water partition coefficient (Wildman–Crippen LogP) is 3.55. The lowest BCUT2D eigenvalue weighted by molar-refractivity contribution is -0.140. The van der Waals surface area contributed by atoms with Crippen LogP contribution < -0.4 is 20.1 Å². The van der Waals surface area contributed by atoms with Crippen LogP contribution in [0.25, 0.3) is 0 Å². The molecule has 0 aromatic heterocycles. The molecule has 0 saturated carbocycles. The molecule has 1 heterocycles. The van der Waals surface area contributed by atoms with Crippen LogP contribution in [0.2, 0.25) is 0 Å². The van der Waals surface area contributed by atoms with E-state index in [1.165, 1.54) is 6.92 Å². The standard InChI is InChI=1S/C31H33F2N3O5/c1-19(29(37)34-17-21-13-23(32)16-24(33)14-21)30(38)35-26(15-20-7-5-4-6-8-20)31(39)36-12-11-22-9-10-27(40-2)28(41-3)25(22)18-36/h4-10,13-14,16,19,26H,11-12,15,17-18H2,1-3H3,(H,34,37)(H,35,38). The lowest BCUT2D eigenvalue weighted by atomic mass is 9.96. The Bertz CT molecular complexity index is 1400. The molecule has 2 atom stereocenters. The zero-order valence-corrected chi connectivity index (χ0v) is 23.2. The second-order valence-corrected chi connectivity index (χ2v) is 9.92. The van der Waals surface area contributed by atoms with Crippen molar-refractivity contribution in [2.45, 2.75) is 38.9 Å². The number of rotatable bonds is 10. The Hall–Kier alpha value is -4.47. The molecule has 216 valence electrons. The van der Waals surface area contributed by atoms with Crippen LogP contribution in [0.5, 0.6) is 11.5 Å². The van der Waals surface area contributed by atoms with Crippen LogP contribution in [-0.2, 0) is 40.3 Å². The molecule has 41 heavy (non-hydrogen) atoms. The van der Waals surface area contributed by atoms with Crippen LogP contribution in [0.15, 0.2) is 60.7 Å². The van der Waals surface area contributed by atoms with Gasteiger partial charge < -0.3 is 25.0 Å². The average molecular weight is 566 g/mol. The Kier molecular flexibility index (Phi) is 9.54. The molecular formula is C31H33F2N3O5. The van der Waals surface area contributed by atoms with Crippen molar-refractivity contribution >= 4 is 17.7 Å². The molecular weight excluding hydrogens is 532 g/mol. The first-order chi connectivity index (χ1) is 19.7. The third-order valence-corrected chi connectivity index (χ3v) is 7.13. The van der Waals surface area contributed by atoms with Gasteiger partial charge in [-0.25, -0.2) is 8.78 Å². The minimum absolute atomic E-state index is 0.157. The third kappa shape index (κ3) is 7.19. The highest BCUT2D eigenvalue weighted by molar-refractivity contribution is 6.01. The molecule has 1 aliphatic heterocycles.